The highest BCUT2D eigenvalue weighted by Gasteiger charge is 2.46. The highest BCUT2D eigenvalue weighted by Crippen LogP contribution is 2.47. The van der Waals surface area contributed by atoms with E-state index in [9.17, 15) is 19.1 Å². The molecule has 1 fully saturated rings. The number of halogens is 1. The monoisotopic (exact) mass is 562 g/mol. The van der Waals surface area contributed by atoms with Crippen molar-refractivity contribution in [1.29, 1.82) is 0 Å². The number of carbonyl (C=O) groups is 2. The molecule has 3 aromatic rings. The average Bonchev–Trinajstić information content (AvgIpc) is 3.43. The Balaban J connectivity index is 1.56. The molecule has 1 saturated carbocycles. The number of hydrogen-bond acceptors (Lipinski definition) is 7. The minimum atomic E-state index is -1.11. The van der Waals surface area contributed by atoms with E-state index in [0.29, 0.717) is 36.0 Å². The lowest BCUT2D eigenvalue weighted by molar-refractivity contribution is -0.141. The third-order valence-electron chi connectivity index (χ3n) is 7.90. The number of hydrogen-bond donors (Lipinski definition) is 1. The molecule has 0 unspecified atom stereocenters. The molecule has 0 radical (unpaired) electrons. The molecule has 8 heteroatoms. The largest absolute Gasteiger partial charge is 0.495 e. The molecule has 3 aromatic carbocycles. The van der Waals surface area contributed by atoms with Crippen LogP contribution in [0, 0.1) is 18.7 Å². The number of aliphatic hydroxyl groups is 1. The topological polar surface area (TPSA) is 91.3 Å². The molecule has 5 rings (SSSR count). The number of aliphatic hydroxyl groups excluding tert-OH is 1. The zero-order chi connectivity index (χ0) is 29.3. The van der Waals surface area contributed by atoms with Crippen LogP contribution < -0.4 is 14.2 Å². The van der Waals surface area contributed by atoms with Crippen LogP contribution >= 0.6 is 0 Å². The van der Waals surface area contributed by atoms with Crippen LogP contribution in [0.4, 0.5) is 4.39 Å². The Morgan fingerprint density at radius 3 is 2.54 bits per heavy atom. The van der Waals surface area contributed by atoms with Crippen LogP contribution in [0.5, 0.6) is 23.0 Å². The summed E-state index contributed by atoms with van der Waals surface area (Å²) in [5.74, 6) is -0.772. The lowest BCUT2D eigenvalue weighted by atomic mass is 9.78. The van der Waals surface area contributed by atoms with Crippen LogP contribution in [-0.4, -0.2) is 24.2 Å². The molecule has 0 amide bonds. The van der Waals surface area contributed by atoms with Gasteiger partial charge < -0.3 is 24.1 Å². The summed E-state index contributed by atoms with van der Waals surface area (Å²) in [5.41, 5.74) is 0.984. The molecule has 1 aliphatic heterocycles. The zero-order valence-corrected chi connectivity index (χ0v) is 23.8. The maximum Gasteiger partial charge on any atom is 0.346 e. The summed E-state index contributed by atoms with van der Waals surface area (Å²) in [6.45, 7) is 5.68. The van der Waals surface area contributed by atoms with Crippen molar-refractivity contribution in [2.75, 3.05) is 7.11 Å². The molecular weight excluding hydrogens is 527 g/mol. The van der Waals surface area contributed by atoms with Crippen LogP contribution in [0.3, 0.4) is 0 Å². The number of esters is 2. The van der Waals surface area contributed by atoms with Gasteiger partial charge in [-0.25, -0.2) is 9.18 Å². The zero-order valence-electron chi connectivity index (χ0n) is 23.8. The molecule has 1 atom stereocenters. The van der Waals surface area contributed by atoms with Gasteiger partial charge in [0.15, 0.2) is 11.5 Å². The maximum atomic E-state index is 14.9. The van der Waals surface area contributed by atoms with Crippen molar-refractivity contribution < 1.29 is 38.0 Å². The predicted octanol–water partition coefficient (Wildman–Crippen LogP) is 7.10. The van der Waals surface area contributed by atoms with Gasteiger partial charge in [0.2, 0.25) is 0 Å². The van der Waals surface area contributed by atoms with E-state index in [1.54, 1.807) is 42.5 Å². The van der Waals surface area contributed by atoms with E-state index in [2.05, 4.69) is 0 Å². The molecule has 7 nitrogen and oxygen atoms in total. The Morgan fingerprint density at radius 2 is 1.85 bits per heavy atom. The minimum absolute atomic E-state index is 0.0370. The Bertz CT molecular complexity index is 1470. The smallest absolute Gasteiger partial charge is 0.346 e. The molecule has 0 bridgehead atoms. The highest BCUT2D eigenvalue weighted by atomic mass is 19.1. The van der Waals surface area contributed by atoms with E-state index < -0.39 is 29.3 Å². The third kappa shape index (κ3) is 5.40. The second-order valence-electron chi connectivity index (χ2n) is 11.3. The van der Waals surface area contributed by atoms with Gasteiger partial charge >= 0.3 is 11.9 Å². The lowest BCUT2D eigenvalue weighted by Gasteiger charge is -2.29. The number of benzene rings is 3. The second-order valence-corrected chi connectivity index (χ2v) is 11.3. The molecule has 0 spiro atoms. The van der Waals surface area contributed by atoms with Crippen LogP contribution in [0.1, 0.15) is 84.7 Å². The van der Waals surface area contributed by atoms with Crippen molar-refractivity contribution in [3.05, 3.63) is 82.2 Å². The summed E-state index contributed by atoms with van der Waals surface area (Å²) in [5, 5.41) is 10.8. The van der Waals surface area contributed by atoms with Crippen molar-refractivity contribution in [3.8, 4) is 23.0 Å². The number of aryl methyl sites for hydroxylation is 1. The number of cyclic esters (lactones) is 1. The van der Waals surface area contributed by atoms with Crippen molar-refractivity contribution in [2.45, 2.75) is 71.0 Å². The van der Waals surface area contributed by atoms with E-state index in [1.807, 2.05) is 20.8 Å². The van der Waals surface area contributed by atoms with Crippen molar-refractivity contribution >= 4 is 11.9 Å². The van der Waals surface area contributed by atoms with Gasteiger partial charge in [0.05, 0.1) is 18.6 Å². The van der Waals surface area contributed by atoms with Crippen LogP contribution in [-0.2, 0) is 21.6 Å². The number of carbonyl (C=O) groups excluding carboxylic acids is 2. The highest BCUT2D eigenvalue weighted by molar-refractivity contribution is 5.97. The van der Waals surface area contributed by atoms with Crippen LogP contribution in [0.15, 0.2) is 48.5 Å². The quantitative estimate of drug-likeness (QED) is 0.243. The van der Waals surface area contributed by atoms with Gasteiger partial charge in [-0.15, -0.1) is 0 Å². The fourth-order valence-corrected chi connectivity index (χ4v) is 5.96. The third-order valence-corrected chi connectivity index (χ3v) is 7.90. The normalized spacial score (nSPS) is 16.5. The van der Waals surface area contributed by atoms with E-state index >= 15 is 0 Å². The van der Waals surface area contributed by atoms with Gasteiger partial charge in [0.1, 0.15) is 29.5 Å². The SMILES string of the molecule is COc1c([C@@H](O)CC(C)C)ccc2c1C(=O)OCc1cc(C)cc(OC(=O)C3(c4ccccc4F)CCCC3)c1O2. The van der Waals surface area contributed by atoms with Crippen LogP contribution in [0.25, 0.3) is 0 Å². The summed E-state index contributed by atoms with van der Waals surface area (Å²) >= 11 is 0. The molecule has 41 heavy (non-hydrogen) atoms. The van der Waals surface area contributed by atoms with E-state index in [-0.39, 0.29) is 41.1 Å². The first-order valence-electron chi connectivity index (χ1n) is 14.0. The summed E-state index contributed by atoms with van der Waals surface area (Å²) in [7, 11) is 1.42. The number of fused-ring (bicyclic) bond motifs is 2. The average molecular weight is 563 g/mol. The molecule has 0 aromatic heterocycles. The number of ether oxygens (including phenoxy) is 4. The van der Waals surface area contributed by atoms with Gasteiger partial charge in [-0.1, -0.05) is 44.9 Å². The van der Waals surface area contributed by atoms with Gasteiger partial charge in [0, 0.05) is 16.7 Å². The van der Waals surface area contributed by atoms with Gasteiger partial charge in [-0.2, -0.15) is 0 Å². The van der Waals surface area contributed by atoms with E-state index in [0.717, 1.165) is 18.4 Å². The summed E-state index contributed by atoms with van der Waals surface area (Å²) in [6, 6.07) is 13.0. The Kier molecular flexibility index (Phi) is 8.04. The van der Waals surface area contributed by atoms with E-state index in [1.165, 1.54) is 13.2 Å². The Labute approximate surface area is 239 Å². The standard InChI is InChI=1S/C33H35FO7/c1-19(2)15-25(35)22-11-12-26-28(30(22)38-4)31(36)39-18-21-16-20(3)17-27(29(21)40-26)41-32(37)33(13-7-8-14-33)23-9-5-6-10-24(23)34/h5-6,9-12,16-17,19,25,35H,7-8,13-15,18H2,1-4H3/t25-/m0/s1. The molecule has 1 N–H and O–H groups in total. The summed E-state index contributed by atoms with van der Waals surface area (Å²) in [4.78, 5) is 27.1. The molecule has 0 saturated heterocycles. The van der Waals surface area contributed by atoms with Gasteiger partial charge in [-0.3, -0.25) is 4.79 Å². The number of rotatable bonds is 7. The minimum Gasteiger partial charge on any atom is -0.495 e. The van der Waals surface area contributed by atoms with Crippen molar-refractivity contribution in [3.63, 3.8) is 0 Å². The molecule has 1 aliphatic carbocycles. The van der Waals surface area contributed by atoms with Crippen molar-refractivity contribution in [1.82, 2.24) is 0 Å². The molecule has 1 heterocycles. The fourth-order valence-electron chi connectivity index (χ4n) is 5.96. The second kappa shape index (κ2) is 11.5. The molecular formula is C33H35FO7. The van der Waals surface area contributed by atoms with Crippen molar-refractivity contribution in [2.24, 2.45) is 5.92 Å². The first-order chi connectivity index (χ1) is 19.6. The van der Waals surface area contributed by atoms with Gasteiger partial charge in [-0.05, 0) is 68.0 Å². The Morgan fingerprint density at radius 1 is 1.12 bits per heavy atom. The summed E-state index contributed by atoms with van der Waals surface area (Å²) < 4.78 is 38.5. The lowest BCUT2D eigenvalue weighted by Crippen LogP contribution is -2.37. The first kappa shape index (κ1) is 28.6. The van der Waals surface area contributed by atoms with E-state index in [4.69, 9.17) is 18.9 Å². The van der Waals surface area contributed by atoms with Crippen LogP contribution in [0.2, 0.25) is 0 Å². The molecule has 216 valence electrons. The fraction of sp³-hybridized carbons (Fsp3) is 0.394. The number of methoxy groups -OCH3 is 1. The summed E-state index contributed by atoms with van der Waals surface area (Å²) in [6.07, 6.45) is 2.11. The first-order valence-corrected chi connectivity index (χ1v) is 14.0. The predicted molar refractivity (Wildman–Crippen MR) is 150 cm³/mol. The Hall–Kier alpha value is -3.91. The van der Waals surface area contributed by atoms with Gasteiger partial charge in [0.25, 0.3) is 0 Å². The maximum absolute atomic E-state index is 14.9. The molecule has 2 aliphatic rings.